The molecule has 1 aromatic heterocycles. The Morgan fingerprint density at radius 2 is 1.87 bits per heavy atom. The number of anilines is 1. The summed E-state index contributed by atoms with van der Waals surface area (Å²) in [6.45, 7) is 4.26. The van der Waals surface area contributed by atoms with E-state index in [0.29, 0.717) is 17.8 Å². The van der Waals surface area contributed by atoms with Crippen molar-refractivity contribution in [2.75, 3.05) is 38.6 Å². The molecule has 6 nitrogen and oxygen atoms in total. The molecule has 2 aliphatic rings. The molecular formula is C25H34N4O2. The third kappa shape index (κ3) is 5.63. The third-order valence-corrected chi connectivity index (χ3v) is 6.85. The fourth-order valence-electron chi connectivity index (χ4n) is 5.14. The maximum atomic E-state index is 12.7. The van der Waals surface area contributed by atoms with Crippen LogP contribution in [0.25, 0.3) is 0 Å². The highest BCUT2D eigenvalue weighted by atomic mass is 16.5. The lowest BCUT2D eigenvalue weighted by molar-refractivity contribution is -0.121. The Hall–Kier alpha value is -2.44. The van der Waals surface area contributed by atoms with Crippen LogP contribution in [0, 0.1) is 11.8 Å². The molecule has 0 spiro atoms. The average molecular weight is 423 g/mol. The Kier molecular flexibility index (Phi) is 7.54. The summed E-state index contributed by atoms with van der Waals surface area (Å²) in [5, 5.41) is 6.47. The Balaban J connectivity index is 1.41. The number of ether oxygens (including phenoxy) is 1. The van der Waals surface area contributed by atoms with Crippen LogP contribution in [0.5, 0.6) is 5.75 Å². The van der Waals surface area contributed by atoms with Gasteiger partial charge in [0.05, 0.1) is 7.11 Å². The van der Waals surface area contributed by atoms with E-state index in [1.165, 1.54) is 5.56 Å². The summed E-state index contributed by atoms with van der Waals surface area (Å²) < 4.78 is 5.64. The number of amides is 1. The first kappa shape index (κ1) is 21.8. The van der Waals surface area contributed by atoms with Gasteiger partial charge in [-0.1, -0.05) is 24.3 Å². The minimum absolute atomic E-state index is 0.0770. The standard InChI is InChI=1S/C25H34N4O2/c1-31-23-7-3-2-6-21(23)18-22(29-16-14-26-15-17-29)19-9-11-20(12-10-19)25(30)28-24-8-4-5-13-27-24/h2-8,13,19-20,22,26H,9-12,14-18H2,1H3,(H,27,28,30). The number of para-hydroxylation sites is 1. The molecule has 1 aromatic carbocycles. The summed E-state index contributed by atoms with van der Waals surface area (Å²) in [4.78, 5) is 19.6. The maximum Gasteiger partial charge on any atom is 0.228 e. The van der Waals surface area contributed by atoms with Crippen molar-refractivity contribution in [2.45, 2.75) is 38.1 Å². The second-order valence-corrected chi connectivity index (χ2v) is 8.69. The van der Waals surface area contributed by atoms with Gasteiger partial charge >= 0.3 is 0 Å². The van der Waals surface area contributed by atoms with Crippen LogP contribution < -0.4 is 15.4 Å². The Labute approximate surface area is 185 Å². The highest BCUT2D eigenvalue weighted by Gasteiger charge is 2.34. The lowest BCUT2D eigenvalue weighted by atomic mass is 9.76. The molecule has 1 atom stereocenters. The van der Waals surface area contributed by atoms with Gasteiger partial charge in [0.15, 0.2) is 0 Å². The summed E-state index contributed by atoms with van der Waals surface area (Å²) in [5.74, 6) is 2.41. The van der Waals surface area contributed by atoms with Gasteiger partial charge in [-0.3, -0.25) is 9.69 Å². The average Bonchev–Trinajstić information content (AvgIpc) is 2.84. The number of rotatable bonds is 7. The number of benzene rings is 1. The van der Waals surface area contributed by atoms with Crippen molar-refractivity contribution in [1.82, 2.24) is 15.2 Å². The lowest BCUT2D eigenvalue weighted by Gasteiger charge is -2.42. The molecule has 0 bridgehead atoms. The highest BCUT2D eigenvalue weighted by molar-refractivity contribution is 5.91. The molecule has 2 fully saturated rings. The molecule has 0 radical (unpaired) electrons. The summed E-state index contributed by atoms with van der Waals surface area (Å²) in [5.41, 5.74) is 1.28. The molecule has 1 saturated heterocycles. The van der Waals surface area contributed by atoms with Crippen molar-refractivity contribution in [1.29, 1.82) is 0 Å². The molecule has 1 aliphatic carbocycles. The molecule has 1 unspecified atom stereocenters. The summed E-state index contributed by atoms with van der Waals surface area (Å²) in [7, 11) is 1.75. The first-order valence-electron chi connectivity index (χ1n) is 11.5. The van der Waals surface area contributed by atoms with E-state index in [-0.39, 0.29) is 11.8 Å². The summed E-state index contributed by atoms with van der Waals surface area (Å²) >= 11 is 0. The van der Waals surface area contributed by atoms with Gasteiger partial charge in [-0.2, -0.15) is 0 Å². The summed E-state index contributed by atoms with van der Waals surface area (Å²) in [6.07, 6.45) is 6.77. The molecule has 2 aromatic rings. The van der Waals surface area contributed by atoms with Crippen LogP contribution >= 0.6 is 0 Å². The van der Waals surface area contributed by atoms with E-state index < -0.39 is 0 Å². The minimum Gasteiger partial charge on any atom is -0.496 e. The molecule has 166 valence electrons. The van der Waals surface area contributed by atoms with Crippen molar-refractivity contribution < 1.29 is 9.53 Å². The molecule has 1 aliphatic heterocycles. The molecular weight excluding hydrogens is 388 g/mol. The van der Waals surface area contributed by atoms with Crippen LogP contribution in [0.4, 0.5) is 5.82 Å². The fourth-order valence-corrected chi connectivity index (χ4v) is 5.14. The van der Waals surface area contributed by atoms with Gasteiger partial charge in [-0.05, 0) is 61.8 Å². The second kappa shape index (κ2) is 10.7. The second-order valence-electron chi connectivity index (χ2n) is 8.69. The van der Waals surface area contributed by atoms with Crippen LogP contribution in [-0.4, -0.2) is 55.1 Å². The smallest absolute Gasteiger partial charge is 0.228 e. The molecule has 2 heterocycles. The van der Waals surface area contributed by atoms with Crippen LogP contribution in [0.1, 0.15) is 31.2 Å². The zero-order valence-corrected chi connectivity index (χ0v) is 18.4. The Morgan fingerprint density at radius 3 is 2.58 bits per heavy atom. The Bertz CT molecular complexity index is 830. The number of piperazine rings is 1. The van der Waals surface area contributed by atoms with Gasteiger partial charge in [0.2, 0.25) is 5.91 Å². The van der Waals surface area contributed by atoms with E-state index in [2.05, 4.69) is 38.7 Å². The molecule has 2 N–H and O–H groups in total. The zero-order valence-electron chi connectivity index (χ0n) is 18.4. The molecule has 1 saturated carbocycles. The predicted molar refractivity (Wildman–Crippen MR) is 123 cm³/mol. The van der Waals surface area contributed by atoms with Crippen LogP contribution in [-0.2, 0) is 11.2 Å². The van der Waals surface area contributed by atoms with Crippen LogP contribution in [0.2, 0.25) is 0 Å². The first-order valence-corrected chi connectivity index (χ1v) is 11.5. The zero-order chi connectivity index (χ0) is 21.5. The monoisotopic (exact) mass is 422 g/mol. The molecule has 31 heavy (non-hydrogen) atoms. The van der Waals surface area contributed by atoms with Crippen molar-refractivity contribution in [3.8, 4) is 5.75 Å². The van der Waals surface area contributed by atoms with Crippen molar-refractivity contribution >= 4 is 11.7 Å². The van der Waals surface area contributed by atoms with Gasteiger partial charge in [0.25, 0.3) is 0 Å². The number of carbonyl (C=O) groups is 1. The van der Waals surface area contributed by atoms with Crippen molar-refractivity contribution in [2.24, 2.45) is 11.8 Å². The van der Waals surface area contributed by atoms with Gasteiger partial charge < -0.3 is 15.4 Å². The number of hydrogen-bond acceptors (Lipinski definition) is 5. The number of methoxy groups -OCH3 is 1. The van der Waals surface area contributed by atoms with E-state index in [1.807, 2.05) is 24.3 Å². The van der Waals surface area contributed by atoms with E-state index in [9.17, 15) is 4.79 Å². The van der Waals surface area contributed by atoms with Gasteiger partial charge in [-0.25, -0.2) is 4.98 Å². The van der Waals surface area contributed by atoms with E-state index >= 15 is 0 Å². The molecule has 4 rings (SSSR count). The maximum absolute atomic E-state index is 12.7. The van der Waals surface area contributed by atoms with Gasteiger partial charge in [0.1, 0.15) is 11.6 Å². The van der Waals surface area contributed by atoms with Crippen LogP contribution in [0.3, 0.4) is 0 Å². The predicted octanol–water partition coefficient (Wildman–Crippen LogP) is 3.35. The van der Waals surface area contributed by atoms with Crippen LogP contribution in [0.15, 0.2) is 48.7 Å². The van der Waals surface area contributed by atoms with E-state index in [1.54, 1.807) is 13.3 Å². The number of nitrogens with zero attached hydrogens (tertiary/aromatic N) is 2. The number of aromatic nitrogens is 1. The number of nitrogens with one attached hydrogen (secondary N) is 2. The number of pyridine rings is 1. The topological polar surface area (TPSA) is 66.5 Å². The van der Waals surface area contributed by atoms with Gasteiger partial charge in [-0.15, -0.1) is 0 Å². The third-order valence-electron chi connectivity index (χ3n) is 6.85. The fraction of sp³-hybridized carbons (Fsp3) is 0.520. The molecule has 6 heteroatoms. The largest absolute Gasteiger partial charge is 0.496 e. The normalized spacial score (nSPS) is 23.1. The number of carbonyl (C=O) groups excluding carboxylic acids is 1. The lowest BCUT2D eigenvalue weighted by Crippen LogP contribution is -2.52. The quantitative estimate of drug-likeness (QED) is 0.716. The first-order chi connectivity index (χ1) is 15.2. The van der Waals surface area contributed by atoms with Crippen molar-refractivity contribution in [3.63, 3.8) is 0 Å². The minimum atomic E-state index is 0.0770. The summed E-state index contributed by atoms with van der Waals surface area (Å²) in [6, 6.07) is 14.5. The Morgan fingerprint density at radius 1 is 1.13 bits per heavy atom. The van der Waals surface area contributed by atoms with Gasteiger partial charge in [0, 0.05) is 44.3 Å². The van der Waals surface area contributed by atoms with E-state index in [0.717, 1.165) is 64.0 Å². The van der Waals surface area contributed by atoms with E-state index in [4.69, 9.17) is 4.74 Å². The van der Waals surface area contributed by atoms with Crippen molar-refractivity contribution in [3.05, 3.63) is 54.2 Å². The highest BCUT2D eigenvalue weighted by Crippen LogP contribution is 2.35. The SMILES string of the molecule is COc1ccccc1CC(C1CCC(C(=O)Nc2ccccn2)CC1)N1CCNCC1. The number of hydrogen-bond donors (Lipinski definition) is 2. The molecule has 1 amide bonds.